The van der Waals surface area contributed by atoms with Crippen LogP contribution in [0.25, 0.3) is 97.1 Å². The average molecular weight is 641 g/mol. The van der Waals surface area contributed by atoms with Crippen molar-refractivity contribution in [2.45, 2.75) is 0 Å². The van der Waals surface area contributed by atoms with E-state index in [2.05, 4.69) is 179 Å². The number of hydrogen-bond acceptors (Lipinski definition) is 1. The van der Waals surface area contributed by atoms with Crippen LogP contribution in [-0.4, -0.2) is 9.13 Å². The van der Waals surface area contributed by atoms with Crippen molar-refractivity contribution in [1.82, 2.24) is 9.13 Å². The third-order valence-electron chi connectivity index (χ3n) is 10.3. The number of fused-ring (bicyclic) bond motifs is 11. The number of hydrogen-bond donors (Lipinski definition) is 0. The molecule has 0 amide bonds. The van der Waals surface area contributed by atoms with E-state index in [4.69, 9.17) is 0 Å². The van der Waals surface area contributed by atoms with Gasteiger partial charge in [-0.15, -0.1) is 11.3 Å². The molecule has 2 nitrogen and oxygen atoms in total. The summed E-state index contributed by atoms with van der Waals surface area (Å²) in [4.78, 5) is 0. The van der Waals surface area contributed by atoms with Crippen LogP contribution in [0.4, 0.5) is 0 Å². The van der Waals surface area contributed by atoms with Crippen LogP contribution < -0.4 is 0 Å². The molecule has 0 aliphatic rings. The number of rotatable bonds is 3. The Bertz CT molecular complexity index is 3100. The fourth-order valence-electron chi connectivity index (χ4n) is 8.13. The van der Waals surface area contributed by atoms with Crippen LogP contribution in [-0.2, 0) is 0 Å². The first-order valence-corrected chi connectivity index (χ1v) is 17.6. The molecule has 0 bridgehead atoms. The molecule has 0 radical (unpaired) electrons. The lowest BCUT2D eigenvalue weighted by Gasteiger charge is -2.12. The Kier molecular flexibility index (Phi) is 5.57. The second-order valence-electron chi connectivity index (χ2n) is 12.9. The van der Waals surface area contributed by atoms with E-state index in [1.165, 1.54) is 97.1 Å². The van der Waals surface area contributed by atoms with Gasteiger partial charge < -0.3 is 9.13 Å². The summed E-state index contributed by atoms with van der Waals surface area (Å²) in [7, 11) is 0. The van der Waals surface area contributed by atoms with E-state index in [1.807, 2.05) is 11.3 Å². The maximum Gasteiger partial charge on any atom is 0.0634 e. The highest BCUT2D eigenvalue weighted by molar-refractivity contribution is 7.26. The van der Waals surface area contributed by atoms with Crippen molar-refractivity contribution >= 4 is 85.9 Å². The molecule has 0 aliphatic carbocycles. The topological polar surface area (TPSA) is 9.86 Å². The van der Waals surface area contributed by atoms with Gasteiger partial charge in [-0.05, 0) is 77.0 Å². The Morgan fingerprint density at radius 1 is 0.388 bits per heavy atom. The van der Waals surface area contributed by atoms with E-state index >= 15 is 0 Å². The van der Waals surface area contributed by atoms with Crippen molar-refractivity contribution in [2.24, 2.45) is 0 Å². The Hall–Kier alpha value is -6.16. The number of thiophene rings is 1. The highest BCUT2D eigenvalue weighted by Crippen LogP contribution is 2.48. The molecule has 0 aliphatic heterocycles. The summed E-state index contributed by atoms with van der Waals surface area (Å²) in [5, 5.41) is 10.2. The molecule has 0 fully saturated rings. The normalized spacial score (nSPS) is 12.1. The fraction of sp³-hybridized carbons (Fsp3) is 0. The van der Waals surface area contributed by atoms with Crippen LogP contribution in [0, 0.1) is 0 Å². The van der Waals surface area contributed by atoms with E-state index < -0.39 is 0 Å². The Balaban J connectivity index is 1.27. The first-order chi connectivity index (χ1) is 24.3. The first-order valence-electron chi connectivity index (χ1n) is 16.8. The molecular weight excluding hydrogens is 613 g/mol. The van der Waals surface area contributed by atoms with Gasteiger partial charge >= 0.3 is 0 Å². The number of para-hydroxylation sites is 3. The van der Waals surface area contributed by atoms with Crippen LogP contribution >= 0.6 is 11.3 Å². The lowest BCUT2D eigenvalue weighted by molar-refractivity contribution is 1.18. The van der Waals surface area contributed by atoms with Gasteiger partial charge in [-0.1, -0.05) is 109 Å². The van der Waals surface area contributed by atoms with Gasteiger partial charge in [0.1, 0.15) is 0 Å². The highest BCUT2D eigenvalue weighted by atomic mass is 32.1. The Morgan fingerprint density at radius 3 is 1.88 bits per heavy atom. The van der Waals surface area contributed by atoms with Crippen LogP contribution in [0.5, 0.6) is 0 Å². The molecule has 0 N–H and O–H groups in total. The van der Waals surface area contributed by atoms with E-state index in [1.54, 1.807) is 0 Å². The van der Waals surface area contributed by atoms with Gasteiger partial charge in [0, 0.05) is 58.7 Å². The minimum absolute atomic E-state index is 1.18. The lowest BCUT2D eigenvalue weighted by Crippen LogP contribution is -1.94. The Labute approximate surface area is 286 Å². The summed E-state index contributed by atoms with van der Waals surface area (Å²) in [6, 6.07) is 62.4. The van der Waals surface area contributed by atoms with Gasteiger partial charge in [0.25, 0.3) is 0 Å². The van der Waals surface area contributed by atoms with E-state index in [-0.39, 0.29) is 0 Å². The first kappa shape index (κ1) is 26.9. The molecule has 11 aromatic rings. The molecule has 11 rings (SSSR count). The highest BCUT2D eigenvalue weighted by Gasteiger charge is 2.22. The van der Waals surface area contributed by atoms with Crippen molar-refractivity contribution in [3.05, 3.63) is 170 Å². The third kappa shape index (κ3) is 3.82. The fourth-order valence-corrected chi connectivity index (χ4v) is 9.37. The largest absolute Gasteiger partial charge is 0.309 e. The summed E-state index contributed by atoms with van der Waals surface area (Å²) >= 11 is 1.91. The Morgan fingerprint density at radius 2 is 1.04 bits per heavy atom. The minimum atomic E-state index is 1.18. The van der Waals surface area contributed by atoms with Crippen LogP contribution in [0.1, 0.15) is 0 Å². The van der Waals surface area contributed by atoms with E-state index in [9.17, 15) is 0 Å². The predicted octanol–water partition coefficient (Wildman–Crippen LogP) is 13.1. The van der Waals surface area contributed by atoms with Crippen molar-refractivity contribution in [1.29, 1.82) is 0 Å². The summed E-state index contributed by atoms with van der Waals surface area (Å²) < 4.78 is 7.52. The summed E-state index contributed by atoms with van der Waals surface area (Å²) in [6.07, 6.45) is 0. The molecule has 3 heterocycles. The van der Waals surface area contributed by atoms with Gasteiger partial charge in [-0.25, -0.2) is 0 Å². The standard InChI is InChI=1S/C46H28N2S/c1-2-14-32(15-3-1)47-40-19-9-6-16-34(40)38-27-31(23-25-42(38)47)37-28-39-35-17-7-10-20-41(35)48(33-24-22-29-12-4-5-13-30(29)26-33)45(39)44-36-18-8-11-21-43(36)49-46(37)44/h1-28H. The van der Waals surface area contributed by atoms with Crippen molar-refractivity contribution in [3.8, 4) is 22.5 Å². The van der Waals surface area contributed by atoms with Crippen LogP contribution in [0.2, 0.25) is 0 Å². The van der Waals surface area contributed by atoms with Gasteiger partial charge in [0.05, 0.1) is 22.1 Å². The maximum atomic E-state index is 2.50. The average Bonchev–Trinajstić information content (AvgIpc) is 3.82. The van der Waals surface area contributed by atoms with Crippen molar-refractivity contribution in [2.75, 3.05) is 0 Å². The molecule has 228 valence electrons. The summed E-state index contributed by atoms with van der Waals surface area (Å²) in [5.41, 5.74) is 9.82. The molecule has 0 saturated carbocycles. The number of aromatic nitrogens is 2. The van der Waals surface area contributed by atoms with Crippen molar-refractivity contribution in [3.63, 3.8) is 0 Å². The quantitative estimate of drug-likeness (QED) is 0.182. The molecule has 0 unspecified atom stereocenters. The van der Waals surface area contributed by atoms with Crippen LogP contribution in [0.3, 0.4) is 0 Å². The van der Waals surface area contributed by atoms with Gasteiger partial charge in [0.2, 0.25) is 0 Å². The van der Waals surface area contributed by atoms with Gasteiger partial charge in [0.15, 0.2) is 0 Å². The van der Waals surface area contributed by atoms with Gasteiger partial charge in [-0.3, -0.25) is 0 Å². The zero-order valence-corrected chi connectivity index (χ0v) is 27.3. The second-order valence-corrected chi connectivity index (χ2v) is 14.0. The zero-order chi connectivity index (χ0) is 32.1. The number of benzene rings is 8. The molecule has 3 aromatic heterocycles. The molecule has 49 heavy (non-hydrogen) atoms. The van der Waals surface area contributed by atoms with Gasteiger partial charge in [-0.2, -0.15) is 0 Å². The molecule has 8 aromatic carbocycles. The third-order valence-corrected chi connectivity index (χ3v) is 11.5. The molecular formula is C46H28N2S. The molecule has 0 atom stereocenters. The maximum absolute atomic E-state index is 2.50. The van der Waals surface area contributed by atoms with Crippen molar-refractivity contribution < 1.29 is 0 Å². The minimum Gasteiger partial charge on any atom is -0.309 e. The smallest absolute Gasteiger partial charge is 0.0634 e. The predicted molar refractivity (Wildman–Crippen MR) is 211 cm³/mol. The summed E-state index contributed by atoms with van der Waals surface area (Å²) in [5.74, 6) is 0. The zero-order valence-electron chi connectivity index (χ0n) is 26.5. The monoisotopic (exact) mass is 640 g/mol. The summed E-state index contributed by atoms with van der Waals surface area (Å²) in [6.45, 7) is 0. The number of nitrogens with zero attached hydrogens (tertiary/aromatic N) is 2. The van der Waals surface area contributed by atoms with E-state index in [0.29, 0.717) is 0 Å². The lowest BCUT2D eigenvalue weighted by atomic mass is 9.97. The molecule has 0 saturated heterocycles. The molecule has 0 spiro atoms. The second kappa shape index (κ2) is 10.2. The van der Waals surface area contributed by atoms with Crippen LogP contribution in [0.15, 0.2) is 170 Å². The molecule has 3 heteroatoms. The SMILES string of the molecule is c1ccc(-n2c3ccccc3c3cc(-c4cc5c6ccccc6n(-c6ccc7ccccc7c6)c5c5c4sc4ccccc45)ccc32)cc1. The van der Waals surface area contributed by atoms with E-state index in [0.717, 1.165) is 0 Å².